The predicted molar refractivity (Wildman–Crippen MR) is 129 cm³/mol. The van der Waals surface area contributed by atoms with Crippen LogP contribution in [0.25, 0.3) is 5.65 Å². The number of aromatic nitrogens is 3. The summed E-state index contributed by atoms with van der Waals surface area (Å²) >= 11 is 0. The summed E-state index contributed by atoms with van der Waals surface area (Å²) in [6.45, 7) is 3.58. The number of ether oxygens (including phenoxy) is 2. The van der Waals surface area contributed by atoms with Crippen molar-refractivity contribution in [2.75, 3.05) is 56.2 Å². The van der Waals surface area contributed by atoms with E-state index in [4.69, 9.17) is 9.47 Å². The van der Waals surface area contributed by atoms with Crippen LogP contribution in [0.15, 0.2) is 36.8 Å². The second kappa shape index (κ2) is 9.29. The molecule has 2 saturated heterocycles. The van der Waals surface area contributed by atoms with Gasteiger partial charge in [-0.3, -0.25) is 9.69 Å². The number of hydrogen-bond donors (Lipinski definition) is 1. The van der Waals surface area contributed by atoms with Gasteiger partial charge in [-0.2, -0.15) is 5.10 Å². The van der Waals surface area contributed by atoms with E-state index >= 15 is 0 Å². The largest absolute Gasteiger partial charge is 0.486 e. The van der Waals surface area contributed by atoms with Gasteiger partial charge in [0.2, 0.25) is 0 Å². The summed E-state index contributed by atoms with van der Waals surface area (Å²) in [5, 5.41) is 7.32. The molecule has 1 aromatic carbocycles. The van der Waals surface area contributed by atoms with Crippen molar-refractivity contribution >= 4 is 22.9 Å². The summed E-state index contributed by atoms with van der Waals surface area (Å²) in [7, 11) is 0. The number of carbonyl (C=O) groups excluding carboxylic acids is 1. The number of amides is 1. The highest BCUT2D eigenvalue weighted by molar-refractivity contribution is 6.09. The van der Waals surface area contributed by atoms with Crippen molar-refractivity contribution in [3.8, 4) is 5.75 Å². The topological polar surface area (TPSA) is 84.2 Å². The van der Waals surface area contributed by atoms with Crippen LogP contribution in [-0.4, -0.2) is 83.4 Å². The number of nitrogens with zero attached hydrogens (tertiary/aromatic N) is 5. The number of fused-ring (bicyclic) bond motifs is 2. The van der Waals surface area contributed by atoms with Gasteiger partial charge < -0.3 is 19.7 Å². The first-order valence-corrected chi connectivity index (χ1v) is 12.3. The van der Waals surface area contributed by atoms with Crippen LogP contribution in [0.4, 0.5) is 20.2 Å². The fourth-order valence-corrected chi connectivity index (χ4v) is 5.42. The van der Waals surface area contributed by atoms with E-state index in [-0.39, 0.29) is 12.5 Å². The van der Waals surface area contributed by atoms with Gasteiger partial charge in [0.25, 0.3) is 12.3 Å². The first-order chi connectivity index (χ1) is 17.5. The molecule has 1 amide bonds. The molecule has 0 unspecified atom stereocenters. The molecule has 5 heterocycles. The first-order valence-electron chi connectivity index (χ1n) is 12.3. The summed E-state index contributed by atoms with van der Waals surface area (Å²) in [6, 6.07) is 5.76. The lowest BCUT2D eigenvalue weighted by Crippen LogP contribution is -2.48. The molecule has 0 saturated carbocycles. The molecule has 9 nitrogen and oxygen atoms in total. The molecule has 36 heavy (non-hydrogen) atoms. The normalized spacial score (nSPS) is 19.6. The lowest BCUT2D eigenvalue weighted by atomic mass is 9.87. The van der Waals surface area contributed by atoms with E-state index in [1.807, 2.05) is 12.1 Å². The van der Waals surface area contributed by atoms with Gasteiger partial charge >= 0.3 is 0 Å². The van der Waals surface area contributed by atoms with Crippen molar-refractivity contribution in [3.05, 3.63) is 47.9 Å². The number of likely N-dealkylation sites (tertiary alicyclic amines) is 1. The molecule has 3 aliphatic heterocycles. The molecule has 1 spiro atoms. The average molecular weight is 499 g/mol. The molecule has 6 rings (SSSR count). The molecule has 0 atom stereocenters. The molecular weight excluding hydrogens is 470 g/mol. The maximum absolute atomic E-state index is 13.3. The van der Waals surface area contributed by atoms with Gasteiger partial charge in [0.1, 0.15) is 16.9 Å². The van der Waals surface area contributed by atoms with E-state index in [1.165, 1.54) is 6.20 Å². The highest BCUT2D eigenvalue weighted by Gasteiger charge is 2.43. The lowest BCUT2D eigenvalue weighted by molar-refractivity contribution is -0.000844. The molecule has 0 bridgehead atoms. The minimum absolute atomic E-state index is 0.196. The predicted octanol–water partition coefficient (Wildman–Crippen LogP) is 2.85. The second-order valence-electron chi connectivity index (χ2n) is 9.63. The molecule has 190 valence electrons. The zero-order valence-corrected chi connectivity index (χ0v) is 19.8. The highest BCUT2D eigenvalue weighted by Crippen LogP contribution is 2.45. The van der Waals surface area contributed by atoms with Crippen LogP contribution >= 0.6 is 0 Å². The number of piperidine rings is 1. The smallest absolute Gasteiger partial charge is 0.261 e. The van der Waals surface area contributed by atoms with Gasteiger partial charge in [-0.25, -0.2) is 18.3 Å². The van der Waals surface area contributed by atoms with Crippen LogP contribution in [-0.2, 0) is 11.2 Å². The summed E-state index contributed by atoms with van der Waals surface area (Å²) < 4.78 is 39.3. The van der Waals surface area contributed by atoms with Crippen LogP contribution in [0.3, 0.4) is 0 Å². The van der Waals surface area contributed by atoms with Crippen LogP contribution < -0.4 is 15.0 Å². The summed E-state index contributed by atoms with van der Waals surface area (Å²) in [5.41, 5.74) is 3.08. The monoisotopic (exact) mass is 498 g/mol. The van der Waals surface area contributed by atoms with E-state index in [2.05, 4.69) is 20.3 Å². The van der Waals surface area contributed by atoms with E-state index in [0.717, 1.165) is 17.0 Å². The van der Waals surface area contributed by atoms with Crippen LogP contribution in [0, 0.1) is 0 Å². The Bertz CT molecular complexity index is 1270. The SMILES string of the molecule is O=C(Nc1cc2c(cc1N1CCOCC1)OC1(CCN(CC(F)F)CC1)C2)c1cnn2cccnc12. The number of anilines is 2. The van der Waals surface area contributed by atoms with Gasteiger partial charge in [-0.05, 0) is 12.1 Å². The Kier molecular flexibility index (Phi) is 5.96. The number of halogens is 2. The molecule has 1 N–H and O–H groups in total. The molecule has 3 aromatic rings. The molecule has 0 aliphatic carbocycles. The standard InChI is InChI=1S/C25H28F2N6O3/c26-22(27)16-31-6-2-25(3-7-31)14-17-12-19(20(13-21(17)36-25)32-8-10-35-11-9-32)30-24(34)18-15-29-33-5-1-4-28-23(18)33/h1,4-5,12-13,15,22H,2-3,6-11,14,16H2,(H,30,34). The Morgan fingerprint density at radius 1 is 1.17 bits per heavy atom. The Morgan fingerprint density at radius 2 is 1.97 bits per heavy atom. The third kappa shape index (κ3) is 4.37. The number of benzene rings is 1. The third-order valence-electron chi connectivity index (χ3n) is 7.31. The second-order valence-corrected chi connectivity index (χ2v) is 9.63. The zero-order chi connectivity index (χ0) is 24.7. The van der Waals surface area contributed by atoms with Gasteiger partial charge in [0, 0.05) is 69.5 Å². The van der Waals surface area contributed by atoms with Crippen molar-refractivity contribution < 1.29 is 23.0 Å². The highest BCUT2D eigenvalue weighted by atomic mass is 19.3. The molecule has 2 fully saturated rings. The minimum Gasteiger partial charge on any atom is -0.486 e. The summed E-state index contributed by atoms with van der Waals surface area (Å²) in [6.07, 6.45) is 4.64. The Balaban J connectivity index is 1.28. The maximum Gasteiger partial charge on any atom is 0.261 e. The molecule has 0 radical (unpaired) electrons. The van der Waals surface area contributed by atoms with Crippen molar-refractivity contribution in [2.24, 2.45) is 0 Å². The van der Waals surface area contributed by atoms with Gasteiger partial charge in [0.05, 0.1) is 37.3 Å². The molecule has 2 aromatic heterocycles. The molecular formula is C25H28F2N6O3. The van der Waals surface area contributed by atoms with Gasteiger partial charge in [-0.1, -0.05) is 0 Å². The number of rotatable bonds is 5. The Morgan fingerprint density at radius 3 is 2.75 bits per heavy atom. The molecule has 3 aliphatic rings. The van der Waals surface area contributed by atoms with Crippen molar-refractivity contribution in [1.82, 2.24) is 19.5 Å². The quantitative estimate of drug-likeness (QED) is 0.579. The number of morpholine rings is 1. The number of carbonyl (C=O) groups is 1. The van der Waals surface area contributed by atoms with Crippen molar-refractivity contribution in [1.29, 1.82) is 0 Å². The van der Waals surface area contributed by atoms with Crippen LogP contribution in [0.2, 0.25) is 0 Å². The summed E-state index contributed by atoms with van der Waals surface area (Å²) in [4.78, 5) is 21.6. The van der Waals surface area contributed by atoms with E-state index in [9.17, 15) is 13.6 Å². The van der Waals surface area contributed by atoms with E-state index in [1.54, 1.807) is 27.9 Å². The fourth-order valence-electron chi connectivity index (χ4n) is 5.42. The van der Waals surface area contributed by atoms with Crippen molar-refractivity contribution in [3.63, 3.8) is 0 Å². The number of hydrogen-bond acceptors (Lipinski definition) is 7. The van der Waals surface area contributed by atoms with Crippen LogP contribution in [0.5, 0.6) is 5.75 Å². The van der Waals surface area contributed by atoms with Gasteiger partial charge in [-0.15, -0.1) is 0 Å². The third-order valence-corrected chi connectivity index (χ3v) is 7.31. The average Bonchev–Trinajstić information content (AvgIpc) is 3.46. The van der Waals surface area contributed by atoms with E-state index < -0.39 is 12.0 Å². The van der Waals surface area contributed by atoms with Crippen LogP contribution in [0.1, 0.15) is 28.8 Å². The van der Waals surface area contributed by atoms with Crippen molar-refractivity contribution in [2.45, 2.75) is 31.3 Å². The lowest BCUT2D eigenvalue weighted by Gasteiger charge is -2.38. The number of nitrogens with one attached hydrogen (secondary N) is 1. The fraction of sp³-hybridized carbons (Fsp3) is 0.480. The Labute approximate surface area is 207 Å². The minimum atomic E-state index is -2.33. The maximum atomic E-state index is 13.3. The van der Waals surface area contributed by atoms with E-state index in [0.29, 0.717) is 75.6 Å². The Hall–Kier alpha value is -3.31. The first kappa shape index (κ1) is 23.1. The summed E-state index contributed by atoms with van der Waals surface area (Å²) in [5.74, 6) is 0.515. The number of alkyl halides is 2. The zero-order valence-electron chi connectivity index (χ0n) is 19.8. The molecule has 11 heteroatoms. The van der Waals surface area contributed by atoms with Gasteiger partial charge in [0.15, 0.2) is 5.65 Å².